The number of rotatable bonds is 6. The number of carbonyl (C=O) groups is 2. The Balaban J connectivity index is 1.83. The average molecular weight is 295 g/mol. The lowest BCUT2D eigenvalue weighted by Crippen LogP contribution is -2.40. The van der Waals surface area contributed by atoms with Crippen LogP contribution in [0.15, 0.2) is 12.4 Å². The van der Waals surface area contributed by atoms with Crippen LogP contribution in [0.5, 0.6) is 0 Å². The van der Waals surface area contributed by atoms with Crippen LogP contribution in [0.4, 0.5) is 0 Å². The molecule has 0 aliphatic carbocycles. The first-order valence-corrected chi connectivity index (χ1v) is 7.12. The van der Waals surface area contributed by atoms with E-state index in [4.69, 9.17) is 4.74 Å². The Kier molecular flexibility index (Phi) is 5.32. The highest BCUT2D eigenvalue weighted by Crippen LogP contribution is 2.23. The molecule has 2 rings (SSSR count). The summed E-state index contributed by atoms with van der Waals surface area (Å²) in [5.41, 5.74) is 0.980. The summed E-state index contributed by atoms with van der Waals surface area (Å²) in [5.74, 6) is -1.59. The molecule has 0 bridgehead atoms. The summed E-state index contributed by atoms with van der Waals surface area (Å²) in [7, 11) is 0. The van der Waals surface area contributed by atoms with E-state index in [1.807, 2.05) is 6.92 Å². The first kappa shape index (κ1) is 15.5. The maximum Gasteiger partial charge on any atom is 0.308 e. The molecule has 1 fully saturated rings. The number of aryl methyl sites for hydroxylation is 1. The minimum atomic E-state index is -0.864. The summed E-state index contributed by atoms with van der Waals surface area (Å²) >= 11 is 0. The molecule has 2 N–H and O–H groups in total. The number of carboxylic acids is 1. The van der Waals surface area contributed by atoms with E-state index in [0.717, 1.165) is 18.4 Å². The number of nitrogens with one attached hydrogen (secondary N) is 1. The summed E-state index contributed by atoms with van der Waals surface area (Å²) in [6.07, 6.45) is 4.90. The molecule has 1 unspecified atom stereocenters. The highest BCUT2D eigenvalue weighted by molar-refractivity contribution is 5.77. The van der Waals surface area contributed by atoms with Gasteiger partial charge in [-0.1, -0.05) is 0 Å². The second-order valence-corrected chi connectivity index (χ2v) is 5.41. The van der Waals surface area contributed by atoms with Crippen LogP contribution in [-0.2, 0) is 20.9 Å². The summed E-state index contributed by atoms with van der Waals surface area (Å²) in [6.45, 7) is 3.34. The molecule has 116 valence electrons. The Morgan fingerprint density at radius 3 is 2.81 bits per heavy atom. The zero-order valence-electron chi connectivity index (χ0n) is 12.1. The van der Waals surface area contributed by atoms with Gasteiger partial charge in [0.15, 0.2) is 0 Å². The largest absolute Gasteiger partial charge is 0.481 e. The number of aromatic nitrogens is 2. The van der Waals surface area contributed by atoms with Crippen LogP contribution in [0.1, 0.15) is 18.4 Å². The summed E-state index contributed by atoms with van der Waals surface area (Å²) in [6, 6.07) is 0. The second-order valence-electron chi connectivity index (χ2n) is 5.41. The standard InChI is InChI=1S/C14H21N3O4/c1-10-6-16-17(8-10)9-13(18)15-7-12(14(19)20)11-2-4-21-5-3-11/h6,8,11-12H,2-5,7,9H2,1H3,(H,15,18)(H,19,20). The fourth-order valence-electron chi connectivity index (χ4n) is 2.55. The van der Waals surface area contributed by atoms with Crippen molar-refractivity contribution in [2.45, 2.75) is 26.3 Å². The van der Waals surface area contributed by atoms with Gasteiger partial charge < -0.3 is 15.2 Å². The smallest absolute Gasteiger partial charge is 0.308 e. The van der Waals surface area contributed by atoms with Crippen LogP contribution in [0.2, 0.25) is 0 Å². The predicted octanol–water partition coefficient (Wildman–Crippen LogP) is 0.435. The lowest BCUT2D eigenvalue weighted by Gasteiger charge is -2.27. The normalized spacial score (nSPS) is 17.4. The van der Waals surface area contributed by atoms with Crippen molar-refractivity contribution in [3.8, 4) is 0 Å². The Bertz CT molecular complexity index is 494. The van der Waals surface area contributed by atoms with Crippen LogP contribution in [0, 0.1) is 18.8 Å². The SMILES string of the molecule is Cc1cnn(CC(=O)NCC(C(=O)O)C2CCOCC2)c1. The molecule has 1 aromatic heterocycles. The van der Waals surface area contributed by atoms with Gasteiger partial charge in [0.1, 0.15) is 6.54 Å². The third kappa shape index (κ3) is 4.56. The fraction of sp³-hybridized carbons (Fsp3) is 0.643. The molecule has 1 saturated heterocycles. The molecule has 1 atom stereocenters. The molecule has 1 aromatic rings. The van der Waals surface area contributed by atoms with Crippen molar-refractivity contribution in [2.75, 3.05) is 19.8 Å². The van der Waals surface area contributed by atoms with E-state index in [1.165, 1.54) is 4.68 Å². The summed E-state index contributed by atoms with van der Waals surface area (Å²) < 4.78 is 6.78. The average Bonchev–Trinajstić information content (AvgIpc) is 2.85. The van der Waals surface area contributed by atoms with Crippen molar-refractivity contribution >= 4 is 11.9 Å². The van der Waals surface area contributed by atoms with Gasteiger partial charge in [-0.25, -0.2) is 0 Å². The van der Waals surface area contributed by atoms with E-state index in [1.54, 1.807) is 12.4 Å². The van der Waals surface area contributed by atoms with Crippen molar-refractivity contribution in [3.63, 3.8) is 0 Å². The maximum absolute atomic E-state index is 11.8. The van der Waals surface area contributed by atoms with Crippen LogP contribution in [0.3, 0.4) is 0 Å². The van der Waals surface area contributed by atoms with Gasteiger partial charge in [0, 0.05) is 26.0 Å². The van der Waals surface area contributed by atoms with Gasteiger partial charge in [-0.05, 0) is 31.2 Å². The first-order chi connectivity index (χ1) is 10.1. The number of carboxylic acid groups (broad SMARTS) is 1. The zero-order valence-corrected chi connectivity index (χ0v) is 12.1. The van der Waals surface area contributed by atoms with E-state index >= 15 is 0 Å². The number of carbonyl (C=O) groups excluding carboxylic acids is 1. The Morgan fingerprint density at radius 1 is 1.52 bits per heavy atom. The van der Waals surface area contributed by atoms with Crippen LogP contribution < -0.4 is 5.32 Å². The van der Waals surface area contributed by atoms with Crippen molar-refractivity contribution < 1.29 is 19.4 Å². The predicted molar refractivity (Wildman–Crippen MR) is 74.6 cm³/mol. The quantitative estimate of drug-likeness (QED) is 0.794. The number of amides is 1. The molecule has 2 heterocycles. The minimum absolute atomic E-state index is 0.0588. The number of ether oxygens (including phenoxy) is 1. The Morgan fingerprint density at radius 2 is 2.24 bits per heavy atom. The maximum atomic E-state index is 11.8. The molecule has 0 aromatic carbocycles. The molecular weight excluding hydrogens is 274 g/mol. The molecule has 7 heteroatoms. The van der Waals surface area contributed by atoms with Crippen molar-refractivity contribution in [2.24, 2.45) is 11.8 Å². The van der Waals surface area contributed by atoms with Gasteiger partial charge in [0.2, 0.25) is 5.91 Å². The van der Waals surface area contributed by atoms with Gasteiger partial charge in [-0.2, -0.15) is 5.10 Å². The monoisotopic (exact) mass is 295 g/mol. The number of aliphatic carboxylic acids is 1. The fourth-order valence-corrected chi connectivity index (χ4v) is 2.55. The van der Waals surface area contributed by atoms with Crippen LogP contribution >= 0.6 is 0 Å². The van der Waals surface area contributed by atoms with E-state index in [2.05, 4.69) is 10.4 Å². The van der Waals surface area contributed by atoms with Crippen molar-refractivity contribution in [3.05, 3.63) is 18.0 Å². The van der Waals surface area contributed by atoms with E-state index in [9.17, 15) is 14.7 Å². The molecule has 1 aliphatic heterocycles. The summed E-state index contributed by atoms with van der Waals surface area (Å²) in [5, 5.41) is 16.1. The molecule has 1 amide bonds. The highest BCUT2D eigenvalue weighted by atomic mass is 16.5. The van der Waals surface area contributed by atoms with Gasteiger partial charge >= 0.3 is 5.97 Å². The zero-order chi connectivity index (χ0) is 15.2. The third-order valence-corrected chi connectivity index (χ3v) is 3.74. The second kappa shape index (κ2) is 7.21. The number of hydrogen-bond acceptors (Lipinski definition) is 4. The molecule has 0 saturated carbocycles. The Labute approximate surface area is 123 Å². The van der Waals surface area contributed by atoms with Gasteiger partial charge in [-0.3, -0.25) is 14.3 Å². The van der Waals surface area contributed by atoms with E-state index < -0.39 is 11.9 Å². The van der Waals surface area contributed by atoms with Gasteiger partial charge in [0.05, 0.1) is 12.1 Å². The molecular formula is C14H21N3O4. The Hall–Kier alpha value is -1.89. The van der Waals surface area contributed by atoms with Gasteiger partial charge in [0.25, 0.3) is 0 Å². The summed E-state index contributed by atoms with van der Waals surface area (Å²) in [4.78, 5) is 23.2. The van der Waals surface area contributed by atoms with Crippen molar-refractivity contribution in [1.29, 1.82) is 0 Å². The van der Waals surface area contributed by atoms with Crippen molar-refractivity contribution in [1.82, 2.24) is 15.1 Å². The van der Waals surface area contributed by atoms with E-state index in [-0.39, 0.29) is 24.9 Å². The first-order valence-electron chi connectivity index (χ1n) is 7.12. The minimum Gasteiger partial charge on any atom is -0.481 e. The number of nitrogens with zero attached hydrogens (tertiary/aromatic N) is 2. The van der Waals surface area contributed by atoms with Crippen LogP contribution in [0.25, 0.3) is 0 Å². The molecule has 7 nitrogen and oxygen atoms in total. The molecule has 0 spiro atoms. The lowest BCUT2D eigenvalue weighted by molar-refractivity contribution is -0.145. The van der Waals surface area contributed by atoms with Gasteiger partial charge in [-0.15, -0.1) is 0 Å². The molecule has 1 aliphatic rings. The highest BCUT2D eigenvalue weighted by Gasteiger charge is 2.29. The molecule has 0 radical (unpaired) electrons. The molecule has 21 heavy (non-hydrogen) atoms. The topological polar surface area (TPSA) is 93.5 Å². The lowest BCUT2D eigenvalue weighted by atomic mass is 9.86. The van der Waals surface area contributed by atoms with Crippen LogP contribution in [-0.4, -0.2) is 46.5 Å². The number of hydrogen-bond donors (Lipinski definition) is 2. The van der Waals surface area contributed by atoms with E-state index in [0.29, 0.717) is 13.2 Å². The third-order valence-electron chi connectivity index (χ3n) is 3.74.